The summed E-state index contributed by atoms with van der Waals surface area (Å²) in [5, 5.41) is 0. The molecule has 0 saturated heterocycles. The number of rotatable bonds is 5. The first kappa shape index (κ1) is 16.7. The third-order valence-electron chi connectivity index (χ3n) is 3.66. The normalized spacial score (nSPS) is 10.3. The van der Waals surface area contributed by atoms with Crippen molar-refractivity contribution < 1.29 is 19.1 Å². The highest BCUT2D eigenvalue weighted by Crippen LogP contribution is 2.19. The van der Waals surface area contributed by atoms with E-state index >= 15 is 0 Å². The van der Waals surface area contributed by atoms with Gasteiger partial charge in [0.2, 0.25) is 5.78 Å². The Bertz CT molecular complexity index is 747. The van der Waals surface area contributed by atoms with Crippen LogP contribution in [0.15, 0.2) is 36.4 Å². The lowest BCUT2D eigenvalue weighted by Gasteiger charge is -2.09. The van der Waals surface area contributed by atoms with Gasteiger partial charge in [0.25, 0.3) is 0 Å². The number of esters is 1. The summed E-state index contributed by atoms with van der Waals surface area (Å²) in [4.78, 5) is 24.3. The number of benzene rings is 2. The van der Waals surface area contributed by atoms with E-state index in [0.29, 0.717) is 16.9 Å². The van der Waals surface area contributed by atoms with Gasteiger partial charge in [0, 0.05) is 5.56 Å². The predicted molar refractivity (Wildman–Crippen MR) is 88.3 cm³/mol. The van der Waals surface area contributed by atoms with E-state index in [4.69, 9.17) is 9.47 Å². The SMILES string of the molecule is COc1cc(C(=O)OCC(=O)c2ccc(C)cc2C)ccc1C. The Kier molecular flexibility index (Phi) is 5.16. The maximum absolute atomic E-state index is 12.2. The number of aryl methyl sites for hydroxylation is 3. The van der Waals surface area contributed by atoms with Gasteiger partial charge in [-0.1, -0.05) is 29.8 Å². The zero-order valence-corrected chi connectivity index (χ0v) is 13.8. The molecule has 0 aliphatic carbocycles. The Morgan fingerprint density at radius 1 is 0.957 bits per heavy atom. The first-order valence-electron chi connectivity index (χ1n) is 7.34. The highest BCUT2D eigenvalue weighted by Gasteiger charge is 2.14. The number of carbonyl (C=O) groups excluding carboxylic acids is 2. The lowest BCUT2D eigenvalue weighted by atomic mass is 10.0. The molecule has 120 valence electrons. The fourth-order valence-electron chi connectivity index (χ4n) is 2.37. The molecule has 0 fully saturated rings. The second-order valence-corrected chi connectivity index (χ2v) is 5.50. The van der Waals surface area contributed by atoms with E-state index in [-0.39, 0.29) is 12.4 Å². The molecule has 0 aliphatic rings. The maximum atomic E-state index is 12.2. The van der Waals surface area contributed by atoms with Crippen LogP contribution in [0.3, 0.4) is 0 Å². The molecule has 0 aromatic heterocycles. The molecular formula is C19H20O4. The summed E-state index contributed by atoms with van der Waals surface area (Å²) in [5.74, 6) is -0.142. The van der Waals surface area contributed by atoms with E-state index < -0.39 is 5.97 Å². The quantitative estimate of drug-likeness (QED) is 0.624. The van der Waals surface area contributed by atoms with Crippen LogP contribution in [-0.4, -0.2) is 25.5 Å². The zero-order chi connectivity index (χ0) is 17.0. The lowest BCUT2D eigenvalue weighted by molar-refractivity contribution is 0.0474. The van der Waals surface area contributed by atoms with Crippen LogP contribution in [0.5, 0.6) is 5.75 Å². The second kappa shape index (κ2) is 7.09. The maximum Gasteiger partial charge on any atom is 0.338 e. The molecule has 0 saturated carbocycles. The van der Waals surface area contributed by atoms with Crippen LogP contribution in [0.1, 0.15) is 37.4 Å². The van der Waals surface area contributed by atoms with Crippen molar-refractivity contribution in [2.24, 2.45) is 0 Å². The number of hydrogen-bond acceptors (Lipinski definition) is 4. The minimum Gasteiger partial charge on any atom is -0.496 e. The molecule has 4 heteroatoms. The Labute approximate surface area is 136 Å². The van der Waals surface area contributed by atoms with Crippen LogP contribution >= 0.6 is 0 Å². The van der Waals surface area contributed by atoms with Gasteiger partial charge in [-0.05, 0) is 44.0 Å². The van der Waals surface area contributed by atoms with Gasteiger partial charge in [0.1, 0.15) is 5.75 Å². The Balaban J connectivity index is 2.05. The number of Topliss-reactive ketones (excluding diaryl/α,β-unsaturated/α-hetero) is 1. The number of carbonyl (C=O) groups is 2. The lowest BCUT2D eigenvalue weighted by Crippen LogP contribution is -2.15. The molecule has 0 amide bonds. The fourth-order valence-corrected chi connectivity index (χ4v) is 2.37. The second-order valence-electron chi connectivity index (χ2n) is 5.50. The number of ether oxygens (including phenoxy) is 2. The van der Waals surface area contributed by atoms with E-state index in [9.17, 15) is 9.59 Å². The van der Waals surface area contributed by atoms with Crippen molar-refractivity contribution in [3.63, 3.8) is 0 Å². The van der Waals surface area contributed by atoms with E-state index in [1.807, 2.05) is 32.9 Å². The van der Waals surface area contributed by atoms with Gasteiger partial charge < -0.3 is 9.47 Å². The van der Waals surface area contributed by atoms with E-state index in [2.05, 4.69) is 0 Å². The largest absolute Gasteiger partial charge is 0.496 e. The van der Waals surface area contributed by atoms with Crippen LogP contribution < -0.4 is 4.74 Å². The van der Waals surface area contributed by atoms with Crippen LogP contribution in [-0.2, 0) is 4.74 Å². The third kappa shape index (κ3) is 3.97. The molecule has 0 radical (unpaired) electrons. The van der Waals surface area contributed by atoms with Gasteiger partial charge in [0.05, 0.1) is 12.7 Å². The standard InChI is InChI=1S/C19H20O4/c1-12-5-8-16(14(3)9-12)17(20)11-23-19(21)15-7-6-13(2)18(10-15)22-4/h5-10H,11H2,1-4H3. The highest BCUT2D eigenvalue weighted by molar-refractivity contribution is 6.00. The number of ketones is 1. The Hall–Kier alpha value is -2.62. The van der Waals surface area contributed by atoms with Crippen LogP contribution in [0.4, 0.5) is 0 Å². The molecule has 0 N–H and O–H groups in total. The topological polar surface area (TPSA) is 52.6 Å². The van der Waals surface area contributed by atoms with Crippen molar-refractivity contribution in [1.82, 2.24) is 0 Å². The molecule has 2 aromatic carbocycles. The van der Waals surface area contributed by atoms with Gasteiger partial charge in [0.15, 0.2) is 6.61 Å². The van der Waals surface area contributed by atoms with Gasteiger partial charge in [-0.2, -0.15) is 0 Å². The van der Waals surface area contributed by atoms with Gasteiger partial charge >= 0.3 is 5.97 Å². The molecule has 2 aromatic rings. The molecule has 0 aliphatic heterocycles. The number of methoxy groups -OCH3 is 1. The molecule has 0 heterocycles. The smallest absolute Gasteiger partial charge is 0.338 e. The van der Waals surface area contributed by atoms with E-state index in [1.54, 1.807) is 31.4 Å². The fraction of sp³-hybridized carbons (Fsp3) is 0.263. The monoisotopic (exact) mass is 312 g/mol. The van der Waals surface area contributed by atoms with Crippen molar-refractivity contribution in [2.45, 2.75) is 20.8 Å². The summed E-state index contributed by atoms with van der Waals surface area (Å²) in [7, 11) is 1.54. The third-order valence-corrected chi connectivity index (χ3v) is 3.66. The predicted octanol–water partition coefficient (Wildman–Crippen LogP) is 3.66. The van der Waals surface area contributed by atoms with Gasteiger partial charge in [-0.25, -0.2) is 4.79 Å². The van der Waals surface area contributed by atoms with Gasteiger partial charge in [-0.3, -0.25) is 4.79 Å². The van der Waals surface area contributed by atoms with Crippen molar-refractivity contribution in [3.8, 4) is 5.75 Å². The average Bonchev–Trinajstić information content (AvgIpc) is 2.52. The summed E-state index contributed by atoms with van der Waals surface area (Å²) in [6, 6.07) is 10.6. The minimum atomic E-state index is -0.540. The van der Waals surface area contributed by atoms with Crippen LogP contribution in [0, 0.1) is 20.8 Å². The first-order valence-corrected chi connectivity index (χ1v) is 7.34. The molecule has 2 rings (SSSR count). The Morgan fingerprint density at radius 2 is 1.70 bits per heavy atom. The van der Waals surface area contributed by atoms with E-state index in [1.165, 1.54) is 0 Å². The summed E-state index contributed by atoms with van der Waals surface area (Å²) in [6.07, 6.45) is 0. The molecule has 0 spiro atoms. The summed E-state index contributed by atoms with van der Waals surface area (Å²) in [5.41, 5.74) is 3.83. The van der Waals surface area contributed by atoms with Crippen molar-refractivity contribution in [1.29, 1.82) is 0 Å². The first-order chi connectivity index (χ1) is 10.9. The molecule has 23 heavy (non-hydrogen) atoms. The number of hydrogen-bond donors (Lipinski definition) is 0. The molecule has 0 bridgehead atoms. The molecular weight excluding hydrogens is 292 g/mol. The highest BCUT2D eigenvalue weighted by atomic mass is 16.5. The van der Waals surface area contributed by atoms with E-state index in [0.717, 1.165) is 16.7 Å². The van der Waals surface area contributed by atoms with Gasteiger partial charge in [-0.15, -0.1) is 0 Å². The minimum absolute atomic E-state index is 0.213. The summed E-state index contributed by atoms with van der Waals surface area (Å²) in [6.45, 7) is 5.44. The van der Waals surface area contributed by atoms with Crippen LogP contribution in [0.2, 0.25) is 0 Å². The Morgan fingerprint density at radius 3 is 2.35 bits per heavy atom. The van der Waals surface area contributed by atoms with Crippen molar-refractivity contribution in [3.05, 3.63) is 64.2 Å². The van der Waals surface area contributed by atoms with Crippen LogP contribution in [0.25, 0.3) is 0 Å². The van der Waals surface area contributed by atoms with Crippen molar-refractivity contribution in [2.75, 3.05) is 13.7 Å². The summed E-state index contributed by atoms with van der Waals surface area (Å²) < 4.78 is 10.3. The van der Waals surface area contributed by atoms with Crippen molar-refractivity contribution >= 4 is 11.8 Å². The zero-order valence-electron chi connectivity index (χ0n) is 13.8. The average molecular weight is 312 g/mol. The summed E-state index contributed by atoms with van der Waals surface area (Å²) >= 11 is 0. The molecule has 4 nitrogen and oxygen atoms in total. The molecule has 0 unspecified atom stereocenters. The molecule has 0 atom stereocenters.